The summed E-state index contributed by atoms with van der Waals surface area (Å²) in [4.78, 5) is 36.0. The Balaban J connectivity index is 2.07. The topological polar surface area (TPSA) is 106 Å². The van der Waals surface area contributed by atoms with E-state index in [1.54, 1.807) is 44.4 Å². The van der Waals surface area contributed by atoms with Crippen molar-refractivity contribution in [1.29, 1.82) is 0 Å². The number of carbonyl (C=O) groups is 2. The minimum Gasteiger partial charge on any atom is -0.462 e. The van der Waals surface area contributed by atoms with Crippen molar-refractivity contribution in [3.63, 3.8) is 0 Å². The van der Waals surface area contributed by atoms with Crippen LogP contribution in [0.1, 0.15) is 24.2 Å². The number of aromatic nitrogens is 3. The van der Waals surface area contributed by atoms with Gasteiger partial charge in [-0.05, 0) is 43.7 Å². The number of amides is 2. The van der Waals surface area contributed by atoms with E-state index in [9.17, 15) is 14.0 Å². The Hall–Kier alpha value is -3.88. The van der Waals surface area contributed by atoms with Gasteiger partial charge in [-0.2, -0.15) is 4.39 Å². The molecule has 30 heavy (non-hydrogen) atoms. The van der Waals surface area contributed by atoms with Gasteiger partial charge in [0, 0.05) is 48.0 Å². The smallest absolute Gasteiger partial charge is 0.339 e. The second kappa shape index (κ2) is 9.55. The molecular weight excluding hydrogens is 389 g/mol. The van der Waals surface area contributed by atoms with Crippen molar-refractivity contribution in [3.05, 3.63) is 60.6 Å². The number of esters is 1. The van der Waals surface area contributed by atoms with Crippen LogP contribution in [-0.4, -0.2) is 40.1 Å². The monoisotopic (exact) mass is 409 g/mol. The van der Waals surface area contributed by atoms with Crippen molar-refractivity contribution in [2.24, 2.45) is 0 Å². The summed E-state index contributed by atoms with van der Waals surface area (Å²) in [7, 11) is 0. The first-order valence-electron chi connectivity index (χ1n) is 9.31. The Bertz CT molecular complexity index is 1060. The summed E-state index contributed by atoms with van der Waals surface area (Å²) in [6.07, 6.45) is 5.93. The first-order chi connectivity index (χ1) is 14.5. The predicted molar refractivity (Wildman–Crippen MR) is 109 cm³/mol. The summed E-state index contributed by atoms with van der Waals surface area (Å²) in [5.41, 5.74) is 2.77. The van der Waals surface area contributed by atoms with Gasteiger partial charge in [0.15, 0.2) is 0 Å². The third kappa shape index (κ3) is 4.93. The third-order valence-corrected chi connectivity index (χ3v) is 4.08. The van der Waals surface area contributed by atoms with E-state index < -0.39 is 17.9 Å². The molecule has 8 nitrogen and oxygen atoms in total. The number of rotatable bonds is 6. The van der Waals surface area contributed by atoms with Gasteiger partial charge in [0.05, 0.1) is 12.2 Å². The number of ether oxygens (including phenoxy) is 1. The number of nitrogens with one attached hydrogen (secondary N) is 2. The molecule has 0 aromatic carbocycles. The van der Waals surface area contributed by atoms with E-state index in [-0.39, 0.29) is 6.61 Å². The molecule has 0 saturated heterocycles. The zero-order valence-corrected chi connectivity index (χ0v) is 16.5. The quantitative estimate of drug-likeness (QED) is 0.475. The van der Waals surface area contributed by atoms with Gasteiger partial charge < -0.3 is 10.1 Å². The van der Waals surface area contributed by atoms with Gasteiger partial charge in [0.25, 0.3) is 0 Å². The Labute approximate surface area is 172 Å². The Morgan fingerprint density at radius 2 is 1.83 bits per heavy atom. The van der Waals surface area contributed by atoms with E-state index in [0.717, 1.165) is 0 Å². The highest BCUT2D eigenvalue weighted by molar-refractivity contribution is 5.93. The highest BCUT2D eigenvalue weighted by Gasteiger charge is 2.15. The molecule has 0 saturated carbocycles. The Morgan fingerprint density at radius 3 is 2.53 bits per heavy atom. The van der Waals surface area contributed by atoms with Crippen molar-refractivity contribution in [1.82, 2.24) is 20.3 Å². The molecule has 3 aromatic heterocycles. The molecule has 154 valence electrons. The minimum atomic E-state index is -0.610. The number of urea groups is 1. The van der Waals surface area contributed by atoms with Crippen LogP contribution in [0.15, 0.2) is 49.1 Å². The van der Waals surface area contributed by atoms with E-state index in [2.05, 4.69) is 25.6 Å². The number of anilines is 1. The van der Waals surface area contributed by atoms with Gasteiger partial charge in [-0.25, -0.2) is 19.6 Å². The van der Waals surface area contributed by atoms with Gasteiger partial charge in [-0.1, -0.05) is 0 Å². The lowest BCUT2D eigenvalue weighted by atomic mass is 9.97. The summed E-state index contributed by atoms with van der Waals surface area (Å²) < 4.78 is 18.4. The van der Waals surface area contributed by atoms with E-state index >= 15 is 0 Å². The van der Waals surface area contributed by atoms with Gasteiger partial charge in [0.2, 0.25) is 5.95 Å². The van der Waals surface area contributed by atoms with Crippen LogP contribution in [-0.2, 0) is 4.74 Å². The summed E-state index contributed by atoms with van der Waals surface area (Å²) in [6, 6.07) is 5.70. The van der Waals surface area contributed by atoms with Gasteiger partial charge in [-0.3, -0.25) is 10.3 Å². The number of hydrogen-bond donors (Lipinski definition) is 2. The molecule has 3 rings (SSSR count). The van der Waals surface area contributed by atoms with Crippen LogP contribution < -0.4 is 10.6 Å². The summed E-state index contributed by atoms with van der Waals surface area (Å²) in [5.74, 6) is -0.793. The molecule has 9 heteroatoms. The number of pyridine rings is 3. The molecule has 0 radical (unpaired) electrons. The molecule has 0 spiro atoms. The maximum atomic E-state index is 13.3. The molecule has 0 atom stereocenters. The van der Waals surface area contributed by atoms with Crippen molar-refractivity contribution >= 4 is 17.8 Å². The van der Waals surface area contributed by atoms with Gasteiger partial charge >= 0.3 is 12.0 Å². The van der Waals surface area contributed by atoms with Crippen LogP contribution in [0.5, 0.6) is 0 Å². The zero-order valence-electron chi connectivity index (χ0n) is 16.5. The maximum Gasteiger partial charge on any atom is 0.339 e. The van der Waals surface area contributed by atoms with Crippen LogP contribution in [0.2, 0.25) is 0 Å². The SMILES string of the molecule is CCNC(=O)Nc1cc(-c2ccc(F)nc2)c(-c2cncc(C(=O)OCC)c2)cn1. The molecule has 0 bridgehead atoms. The summed E-state index contributed by atoms with van der Waals surface area (Å²) in [5, 5.41) is 5.27. The number of hydrogen-bond acceptors (Lipinski definition) is 6. The largest absolute Gasteiger partial charge is 0.462 e. The van der Waals surface area contributed by atoms with Crippen molar-refractivity contribution < 1.29 is 18.7 Å². The number of carbonyl (C=O) groups excluding carboxylic acids is 2. The number of nitrogens with zero attached hydrogens (tertiary/aromatic N) is 3. The van der Waals surface area contributed by atoms with E-state index in [0.29, 0.717) is 40.2 Å². The molecule has 0 fully saturated rings. The lowest BCUT2D eigenvalue weighted by Gasteiger charge is -2.13. The Kier molecular flexibility index (Phi) is 6.63. The highest BCUT2D eigenvalue weighted by Crippen LogP contribution is 2.33. The van der Waals surface area contributed by atoms with E-state index in [4.69, 9.17) is 4.74 Å². The first kappa shape index (κ1) is 20.8. The van der Waals surface area contributed by atoms with Crippen LogP contribution in [0.25, 0.3) is 22.3 Å². The second-order valence-electron chi connectivity index (χ2n) is 6.15. The van der Waals surface area contributed by atoms with Crippen LogP contribution in [0.3, 0.4) is 0 Å². The average Bonchev–Trinajstić information content (AvgIpc) is 2.75. The molecular formula is C21H20FN5O3. The van der Waals surface area contributed by atoms with Crippen LogP contribution in [0, 0.1) is 5.95 Å². The fraction of sp³-hybridized carbons (Fsp3) is 0.190. The third-order valence-electron chi connectivity index (χ3n) is 4.08. The van der Waals surface area contributed by atoms with Crippen LogP contribution >= 0.6 is 0 Å². The predicted octanol–water partition coefficient (Wildman–Crippen LogP) is 3.66. The minimum absolute atomic E-state index is 0.247. The molecule has 3 aromatic rings. The summed E-state index contributed by atoms with van der Waals surface area (Å²) >= 11 is 0. The molecule has 3 heterocycles. The van der Waals surface area contributed by atoms with Crippen molar-refractivity contribution in [2.75, 3.05) is 18.5 Å². The first-order valence-corrected chi connectivity index (χ1v) is 9.31. The fourth-order valence-electron chi connectivity index (χ4n) is 2.76. The van der Waals surface area contributed by atoms with Gasteiger partial charge in [0.1, 0.15) is 5.82 Å². The molecule has 2 amide bonds. The molecule has 2 N–H and O–H groups in total. The van der Waals surface area contributed by atoms with E-state index in [1.807, 2.05) is 0 Å². The molecule has 0 aliphatic carbocycles. The standard InChI is InChI=1S/C21H20FN5O3/c1-3-24-21(29)27-19-8-16(13-5-6-18(22)25-11-13)17(12-26-19)14-7-15(10-23-9-14)20(28)30-4-2/h5-12H,3-4H2,1-2H3,(H2,24,26,27,29). The molecule has 0 aliphatic rings. The average molecular weight is 409 g/mol. The van der Waals surface area contributed by atoms with Gasteiger partial charge in [-0.15, -0.1) is 0 Å². The summed E-state index contributed by atoms with van der Waals surface area (Å²) in [6.45, 7) is 4.23. The fourth-order valence-corrected chi connectivity index (χ4v) is 2.76. The lowest BCUT2D eigenvalue weighted by molar-refractivity contribution is 0.0526. The maximum absolute atomic E-state index is 13.3. The Morgan fingerprint density at radius 1 is 1.00 bits per heavy atom. The van der Waals surface area contributed by atoms with E-state index in [1.165, 1.54) is 18.5 Å². The highest BCUT2D eigenvalue weighted by atomic mass is 19.1. The van der Waals surface area contributed by atoms with Crippen molar-refractivity contribution in [3.8, 4) is 22.3 Å². The number of halogens is 1. The molecule has 0 unspecified atom stereocenters. The van der Waals surface area contributed by atoms with Crippen LogP contribution in [0.4, 0.5) is 15.0 Å². The normalized spacial score (nSPS) is 10.4. The second-order valence-corrected chi connectivity index (χ2v) is 6.15. The van der Waals surface area contributed by atoms with Crippen molar-refractivity contribution in [2.45, 2.75) is 13.8 Å². The molecule has 0 aliphatic heterocycles. The zero-order chi connectivity index (χ0) is 21.5. The lowest BCUT2D eigenvalue weighted by Crippen LogP contribution is -2.28.